The molecule has 9 N–H and O–H groups in total. The molecule has 6 aliphatic rings. The van der Waals surface area contributed by atoms with Crippen LogP contribution in [-0.2, 0) is 9.53 Å². The number of carbonyl (C=O) groups excluding carboxylic acids is 1. The van der Waals surface area contributed by atoms with Crippen LogP contribution in [0.15, 0.2) is 47.5 Å². The van der Waals surface area contributed by atoms with Gasteiger partial charge in [0, 0.05) is 84.6 Å². The fourth-order valence-electron chi connectivity index (χ4n) is 11.4. The number of nitrogens with one attached hydrogen (secondary N) is 5. The largest absolute Gasteiger partial charge is 0.489 e. The third-order valence-electron chi connectivity index (χ3n) is 14.7. The van der Waals surface area contributed by atoms with E-state index in [-0.39, 0.29) is 89.6 Å². The summed E-state index contributed by atoms with van der Waals surface area (Å²) in [6.07, 6.45) is -0.899. The third-order valence-corrected chi connectivity index (χ3v) is 16.7. The van der Waals surface area contributed by atoms with Gasteiger partial charge in [-0.2, -0.15) is 5.26 Å². The number of halogens is 2. The van der Waals surface area contributed by atoms with Gasteiger partial charge in [-0.3, -0.25) is 35.5 Å². The van der Waals surface area contributed by atoms with Crippen molar-refractivity contribution in [3.63, 3.8) is 0 Å². The molecule has 2 aromatic carbocycles. The number of rotatable bonds is 11. The Kier molecular flexibility index (Phi) is 13.8. The number of carbonyl (C=O) groups is 1. The molecular formula is C46H67ClFN11O3S. The Bertz CT molecular complexity index is 2010. The second-order valence-corrected chi connectivity index (χ2v) is 21.7. The van der Waals surface area contributed by atoms with Gasteiger partial charge in [-0.1, -0.05) is 65.3 Å². The molecule has 10 atom stereocenters. The van der Waals surface area contributed by atoms with E-state index in [0.717, 1.165) is 23.5 Å². The Morgan fingerprint density at radius 1 is 1.14 bits per heavy atom. The number of alkyl halides is 1. The fourth-order valence-corrected chi connectivity index (χ4v) is 13.5. The minimum atomic E-state index is -1.09. The van der Waals surface area contributed by atoms with E-state index in [0.29, 0.717) is 66.6 Å². The monoisotopic (exact) mass is 907 g/mol. The van der Waals surface area contributed by atoms with Crippen molar-refractivity contribution in [2.75, 3.05) is 44.6 Å². The molecule has 8 unspecified atom stereocenters. The van der Waals surface area contributed by atoms with Gasteiger partial charge in [-0.25, -0.2) is 4.39 Å². The smallest absolute Gasteiger partial charge is 0.225 e. The first-order valence-corrected chi connectivity index (χ1v) is 24.0. The second-order valence-electron chi connectivity index (χ2n) is 19.8. The molecule has 14 nitrogen and oxygen atoms in total. The van der Waals surface area contributed by atoms with E-state index in [2.05, 4.69) is 96.1 Å². The van der Waals surface area contributed by atoms with Crippen molar-refractivity contribution < 1.29 is 18.7 Å². The van der Waals surface area contributed by atoms with Crippen molar-refractivity contribution in [2.24, 2.45) is 45.0 Å². The molecule has 0 spiro atoms. The summed E-state index contributed by atoms with van der Waals surface area (Å²) in [5.74, 6) is 0.790. The minimum Gasteiger partial charge on any atom is -0.489 e. The summed E-state index contributed by atoms with van der Waals surface area (Å²) in [7, 11) is 0. The van der Waals surface area contributed by atoms with E-state index < -0.39 is 6.17 Å². The summed E-state index contributed by atoms with van der Waals surface area (Å²) >= 11 is 8.21. The molecule has 4 saturated heterocycles. The summed E-state index contributed by atoms with van der Waals surface area (Å²) in [6, 6.07) is 14.8. The molecule has 17 heteroatoms. The molecule has 0 bridgehead atoms. The van der Waals surface area contributed by atoms with Crippen molar-refractivity contribution in [3.8, 4) is 11.8 Å². The van der Waals surface area contributed by atoms with E-state index >= 15 is 4.39 Å². The number of nitrogens with two attached hydrogens (primary N) is 2. The second kappa shape index (κ2) is 18.7. The van der Waals surface area contributed by atoms with Gasteiger partial charge in [-0.15, -0.1) is 11.8 Å². The van der Waals surface area contributed by atoms with Crippen molar-refractivity contribution in [1.29, 1.82) is 5.26 Å². The van der Waals surface area contributed by atoms with Crippen LogP contribution in [0.4, 0.5) is 10.1 Å². The number of amides is 1. The first-order chi connectivity index (χ1) is 30.0. The molecule has 0 aromatic heterocycles. The number of aliphatic imine (C=N–C) groups is 1. The summed E-state index contributed by atoms with van der Waals surface area (Å²) in [4.78, 5) is 23.5. The highest BCUT2D eigenvalue weighted by molar-refractivity contribution is 8.00. The number of hydrogen-bond acceptors (Lipinski definition) is 14. The topological polar surface area (TPSA) is 190 Å². The van der Waals surface area contributed by atoms with Crippen LogP contribution in [0.25, 0.3) is 0 Å². The highest BCUT2D eigenvalue weighted by Crippen LogP contribution is 2.56. The number of likely N-dealkylation sites (tertiary alicyclic amines) is 1. The number of anilines is 1. The molecule has 63 heavy (non-hydrogen) atoms. The maximum Gasteiger partial charge on any atom is 0.225 e. The highest BCUT2D eigenvalue weighted by Gasteiger charge is 2.64. The first-order valence-electron chi connectivity index (χ1n) is 22.7. The minimum absolute atomic E-state index is 0.0274. The fraction of sp³-hybridized carbons (Fsp3) is 0.674. The van der Waals surface area contributed by atoms with E-state index in [1.54, 1.807) is 18.2 Å². The molecule has 0 radical (unpaired) electrons. The van der Waals surface area contributed by atoms with Gasteiger partial charge in [-0.05, 0) is 49.1 Å². The number of nitrogens with zero attached hydrogens (tertiary/aromatic N) is 4. The van der Waals surface area contributed by atoms with Crippen LogP contribution in [0.1, 0.15) is 72.4 Å². The van der Waals surface area contributed by atoms with Gasteiger partial charge in [0.2, 0.25) is 5.91 Å². The van der Waals surface area contributed by atoms with Crippen molar-refractivity contribution in [1.82, 2.24) is 31.1 Å². The number of piperidine rings is 1. The molecule has 1 amide bonds. The summed E-state index contributed by atoms with van der Waals surface area (Å²) in [5, 5.41) is 27.3. The third kappa shape index (κ3) is 9.22. The van der Waals surface area contributed by atoms with Gasteiger partial charge in [0.15, 0.2) is 0 Å². The normalized spacial score (nSPS) is 37.1. The highest BCUT2D eigenvalue weighted by atomic mass is 35.5. The van der Waals surface area contributed by atoms with Gasteiger partial charge in [0.25, 0.3) is 0 Å². The van der Waals surface area contributed by atoms with Crippen molar-refractivity contribution >= 4 is 40.7 Å². The van der Waals surface area contributed by atoms with E-state index in [1.807, 2.05) is 30.8 Å². The Labute approximate surface area is 381 Å². The lowest BCUT2D eigenvalue weighted by Gasteiger charge is -2.63. The SMILES string of the molecule is CC1SC2C(C(c3ccc(N[C@H]4CCN(C5NCC(C(=O)NC6C(C)(C)C(Oc7ccc(C#N)c(Cl)c7)C6(C)C)CN5)C[C@@H]4F)cc3)=NC(CC3NCCO3)C(N)N2C(C)N)C1C. The van der Waals surface area contributed by atoms with Gasteiger partial charge in [0.1, 0.15) is 36.6 Å². The average Bonchev–Trinajstić information content (AvgIpc) is 3.84. The number of fused-ring (bicyclic) bond motifs is 1. The van der Waals surface area contributed by atoms with Crippen LogP contribution in [0.3, 0.4) is 0 Å². The quantitative estimate of drug-likeness (QED) is 0.170. The lowest BCUT2D eigenvalue weighted by Crippen LogP contribution is -2.75. The Balaban J connectivity index is 0.843. The molecule has 5 fully saturated rings. The Hall–Kier alpha value is -3.08. The van der Waals surface area contributed by atoms with Crippen molar-refractivity contribution in [3.05, 3.63) is 58.6 Å². The van der Waals surface area contributed by atoms with E-state index in [1.165, 1.54) is 0 Å². The standard InChI is InChI=1S/C46H67ClFN11O3S/c1-24-25(2)63-41-37(24)38(56-35(19-36-52-15-17-61-36)39(51)59(41)26(3)50)27-8-11-30(12-9-27)55-34-14-16-58(23-33(34)48)44-53-21-29(22-54-44)40(60)57-42-45(4,5)43(46(42,6)7)62-31-13-10-28(20-49)32(47)18-31/h8-13,18,24-26,29,33-37,39,41-44,52-55H,14-17,19,21-23,50-51H2,1-7H3,(H,57,60)/t24?,25?,26?,29?,33-,34-,35?,36?,37?,39?,41?,42?,43?,44?/m0/s1. The molecule has 5 heterocycles. The molecule has 1 aliphatic carbocycles. The number of benzene rings is 2. The van der Waals surface area contributed by atoms with Gasteiger partial charge >= 0.3 is 0 Å². The van der Waals surface area contributed by atoms with E-state index in [4.69, 9.17) is 37.5 Å². The number of hydrogen-bond donors (Lipinski definition) is 7. The predicted molar refractivity (Wildman–Crippen MR) is 248 cm³/mol. The van der Waals surface area contributed by atoms with Crippen LogP contribution in [0, 0.1) is 39.9 Å². The molecule has 8 rings (SSSR count). The molecule has 1 saturated carbocycles. The predicted octanol–water partition coefficient (Wildman–Crippen LogP) is 4.24. The number of ether oxygens (including phenoxy) is 2. The van der Waals surface area contributed by atoms with Crippen LogP contribution >= 0.6 is 23.4 Å². The summed E-state index contributed by atoms with van der Waals surface area (Å²) in [5.41, 5.74) is 16.3. The lowest BCUT2D eigenvalue weighted by molar-refractivity contribution is -0.174. The zero-order chi connectivity index (χ0) is 45.0. The van der Waals surface area contributed by atoms with Gasteiger partial charge in [0.05, 0.1) is 52.9 Å². The number of thioether (sulfide) groups is 1. The van der Waals surface area contributed by atoms with Crippen LogP contribution in [0.2, 0.25) is 5.02 Å². The van der Waals surface area contributed by atoms with Gasteiger partial charge < -0.3 is 31.6 Å². The molecule has 344 valence electrons. The van der Waals surface area contributed by atoms with Crippen LogP contribution < -0.4 is 42.8 Å². The average molecular weight is 909 g/mol. The maximum atomic E-state index is 16.0. The van der Waals surface area contributed by atoms with E-state index in [9.17, 15) is 10.1 Å². The molecule has 2 aromatic rings. The number of nitriles is 1. The van der Waals surface area contributed by atoms with Crippen LogP contribution in [0.5, 0.6) is 5.75 Å². The van der Waals surface area contributed by atoms with Crippen LogP contribution in [-0.4, -0.2) is 127 Å². The Morgan fingerprint density at radius 3 is 2.48 bits per heavy atom. The summed E-state index contributed by atoms with van der Waals surface area (Å²) in [6.45, 7) is 18.4. The molecular weight excluding hydrogens is 841 g/mol. The summed E-state index contributed by atoms with van der Waals surface area (Å²) < 4.78 is 28.3. The molecule has 5 aliphatic heterocycles. The van der Waals surface area contributed by atoms with Crippen molar-refractivity contribution in [2.45, 2.75) is 127 Å². The Morgan fingerprint density at radius 2 is 1.86 bits per heavy atom. The lowest BCUT2D eigenvalue weighted by atomic mass is 9.49. The zero-order valence-corrected chi connectivity index (χ0v) is 39.2. The first kappa shape index (κ1) is 46.4. The zero-order valence-electron chi connectivity index (χ0n) is 37.6. The maximum absolute atomic E-state index is 16.0.